The number of thiophene rings is 1. The van der Waals surface area contributed by atoms with Crippen LogP contribution >= 0.6 is 43.2 Å². The molecule has 1 unspecified atom stereocenters. The van der Waals surface area contributed by atoms with Crippen LogP contribution in [0.15, 0.2) is 32.5 Å². The molecule has 1 atom stereocenters. The molecule has 2 N–H and O–H groups in total. The second-order valence-corrected chi connectivity index (χ2v) is 6.76. The van der Waals surface area contributed by atoms with Gasteiger partial charge in [0.2, 0.25) is 0 Å². The third kappa shape index (κ3) is 2.76. The van der Waals surface area contributed by atoms with Gasteiger partial charge in [-0.15, -0.1) is 11.3 Å². The fraction of sp³-hybridized carbons (Fsp3) is 0.0909. The van der Waals surface area contributed by atoms with E-state index in [9.17, 15) is 8.78 Å². The Morgan fingerprint density at radius 1 is 1.12 bits per heavy atom. The van der Waals surface area contributed by atoms with Gasteiger partial charge in [0.15, 0.2) is 0 Å². The van der Waals surface area contributed by atoms with E-state index in [1.54, 1.807) is 6.07 Å². The molecule has 17 heavy (non-hydrogen) atoms. The topological polar surface area (TPSA) is 26.0 Å². The molecule has 1 aromatic heterocycles. The highest BCUT2D eigenvalue weighted by Crippen LogP contribution is 2.32. The monoisotopic (exact) mass is 381 g/mol. The molecule has 0 fully saturated rings. The van der Waals surface area contributed by atoms with Crippen LogP contribution in [0.25, 0.3) is 0 Å². The van der Waals surface area contributed by atoms with Crippen molar-refractivity contribution in [3.8, 4) is 0 Å². The van der Waals surface area contributed by atoms with Gasteiger partial charge in [0.1, 0.15) is 11.6 Å². The van der Waals surface area contributed by atoms with E-state index in [1.807, 2.05) is 6.07 Å². The highest BCUT2D eigenvalue weighted by molar-refractivity contribution is 9.11. The van der Waals surface area contributed by atoms with Crippen LogP contribution in [0.3, 0.4) is 0 Å². The summed E-state index contributed by atoms with van der Waals surface area (Å²) < 4.78 is 28.1. The van der Waals surface area contributed by atoms with Gasteiger partial charge in [0.05, 0.1) is 14.3 Å². The molecule has 6 heteroatoms. The Morgan fingerprint density at radius 2 is 1.82 bits per heavy atom. The summed E-state index contributed by atoms with van der Waals surface area (Å²) in [6.45, 7) is 0. The SMILES string of the molecule is NC(c1ccc(Br)s1)c1cc(F)c(Br)cc1F. The van der Waals surface area contributed by atoms with Crippen LogP contribution in [-0.4, -0.2) is 0 Å². The van der Waals surface area contributed by atoms with E-state index in [0.29, 0.717) is 0 Å². The normalized spacial score (nSPS) is 12.8. The lowest BCUT2D eigenvalue weighted by Crippen LogP contribution is -2.12. The molecule has 0 bridgehead atoms. The number of rotatable bonds is 2. The number of halogens is 4. The first-order chi connectivity index (χ1) is 7.99. The first kappa shape index (κ1) is 13.1. The third-order valence-electron chi connectivity index (χ3n) is 2.28. The van der Waals surface area contributed by atoms with Crippen molar-refractivity contribution in [2.24, 2.45) is 5.73 Å². The van der Waals surface area contributed by atoms with Crippen molar-refractivity contribution in [3.63, 3.8) is 0 Å². The van der Waals surface area contributed by atoms with Gasteiger partial charge in [-0.25, -0.2) is 8.78 Å². The summed E-state index contributed by atoms with van der Waals surface area (Å²) in [6, 6.07) is 5.17. The van der Waals surface area contributed by atoms with Crippen molar-refractivity contribution in [1.29, 1.82) is 0 Å². The lowest BCUT2D eigenvalue weighted by molar-refractivity contribution is 0.573. The lowest BCUT2D eigenvalue weighted by atomic mass is 10.1. The van der Waals surface area contributed by atoms with Crippen LogP contribution in [-0.2, 0) is 0 Å². The molecule has 0 saturated carbocycles. The van der Waals surface area contributed by atoms with Gasteiger partial charge >= 0.3 is 0 Å². The van der Waals surface area contributed by atoms with E-state index in [2.05, 4.69) is 31.9 Å². The molecule has 0 spiro atoms. The highest BCUT2D eigenvalue weighted by Gasteiger charge is 2.17. The summed E-state index contributed by atoms with van der Waals surface area (Å²) in [5, 5.41) is 0. The van der Waals surface area contributed by atoms with E-state index in [1.165, 1.54) is 11.3 Å². The second-order valence-electron chi connectivity index (χ2n) is 3.41. The smallest absolute Gasteiger partial charge is 0.137 e. The molecule has 1 nitrogen and oxygen atoms in total. The Kier molecular flexibility index (Phi) is 3.97. The fourth-order valence-corrected chi connectivity index (χ4v) is 3.18. The van der Waals surface area contributed by atoms with Crippen LogP contribution in [0.1, 0.15) is 16.5 Å². The molecular weight excluding hydrogens is 376 g/mol. The second kappa shape index (κ2) is 5.14. The van der Waals surface area contributed by atoms with Crippen molar-refractivity contribution < 1.29 is 8.78 Å². The number of hydrogen-bond donors (Lipinski definition) is 1. The maximum atomic E-state index is 13.7. The van der Waals surface area contributed by atoms with Crippen molar-refractivity contribution in [2.75, 3.05) is 0 Å². The zero-order chi connectivity index (χ0) is 12.6. The van der Waals surface area contributed by atoms with Crippen molar-refractivity contribution in [3.05, 3.63) is 54.6 Å². The summed E-state index contributed by atoms with van der Waals surface area (Å²) in [4.78, 5) is 0.775. The third-order valence-corrected chi connectivity index (χ3v) is 4.59. The Balaban J connectivity index is 2.43. The van der Waals surface area contributed by atoms with Gasteiger partial charge in [-0.2, -0.15) is 0 Å². The molecule has 0 aliphatic rings. The Bertz CT molecular complexity index is 556. The minimum Gasteiger partial charge on any atom is -0.320 e. The first-order valence-electron chi connectivity index (χ1n) is 4.64. The standard InChI is InChI=1S/C11H7Br2F2NS/c12-6-4-7(14)5(3-8(6)15)11(16)9-1-2-10(13)17-9/h1-4,11H,16H2. The van der Waals surface area contributed by atoms with Crippen LogP contribution in [0.2, 0.25) is 0 Å². The van der Waals surface area contributed by atoms with Crippen LogP contribution in [0.5, 0.6) is 0 Å². The average molecular weight is 383 g/mol. The molecule has 1 heterocycles. The molecule has 1 aromatic carbocycles. The fourth-order valence-electron chi connectivity index (χ4n) is 1.42. The largest absolute Gasteiger partial charge is 0.320 e. The molecule has 2 aromatic rings. The molecule has 0 amide bonds. The van der Waals surface area contributed by atoms with Gasteiger partial charge in [0, 0.05) is 10.4 Å². The Morgan fingerprint density at radius 3 is 2.41 bits per heavy atom. The minimum atomic E-state index is -0.658. The molecule has 0 aliphatic heterocycles. The van der Waals surface area contributed by atoms with Crippen molar-refractivity contribution >= 4 is 43.2 Å². The number of nitrogens with two attached hydrogens (primary N) is 1. The molecule has 0 aliphatic carbocycles. The van der Waals surface area contributed by atoms with Crippen LogP contribution < -0.4 is 5.73 Å². The predicted molar refractivity (Wildman–Crippen MR) is 72.1 cm³/mol. The molecule has 0 saturated heterocycles. The summed E-state index contributed by atoms with van der Waals surface area (Å²) in [7, 11) is 0. The van der Waals surface area contributed by atoms with E-state index in [4.69, 9.17) is 5.73 Å². The van der Waals surface area contributed by atoms with Gasteiger partial charge in [0.25, 0.3) is 0 Å². The minimum absolute atomic E-state index is 0.0957. The van der Waals surface area contributed by atoms with Crippen molar-refractivity contribution in [2.45, 2.75) is 6.04 Å². The first-order valence-corrected chi connectivity index (χ1v) is 7.04. The maximum absolute atomic E-state index is 13.7. The summed E-state index contributed by atoms with van der Waals surface area (Å²) >= 11 is 7.63. The summed E-state index contributed by atoms with van der Waals surface area (Å²) in [5.41, 5.74) is 6.07. The molecule has 0 radical (unpaired) electrons. The zero-order valence-electron chi connectivity index (χ0n) is 8.38. The van der Waals surface area contributed by atoms with Gasteiger partial charge in [-0.05, 0) is 56.1 Å². The Labute approximate surface area is 118 Å². The van der Waals surface area contributed by atoms with Crippen LogP contribution in [0, 0.1) is 11.6 Å². The van der Waals surface area contributed by atoms with E-state index in [0.717, 1.165) is 20.8 Å². The maximum Gasteiger partial charge on any atom is 0.137 e. The van der Waals surface area contributed by atoms with Gasteiger partial charge in [-0.3, -0.25) is 0 Å². The van der Waals surface area contributed by atoms with Crippen molar-refractivity contribution in [1.82, 2.24) is 0 Å². The van der Waals surface area contributed by atoms with E-state index >= 15 is 0 Å². The van der Waals surface area contributed by atoms with Gasteiger partial charge in [-0.1, -0.05) is 0 Å². The highest BCUT2D eigenvalue weighted by atomic mass is 79.9. The molecular formula is C11H7Br2F2NS. The lowest BCUT2D eigenvalue weighted by Gasteiger charge is -2.11. The van der Waals surface area contributed by atoms with Crippen LogP contribution in [0.4, 0.5) is 8.78 Å². The van der Waals surface area contributed by atoms with E-state index < -0.39 is 17.7 Å². The van der Waals surface area contributed by atoms with E-state index in [-0.39, 0.29) is 10.0 Å². The molecule has 90 valence electrons. The summed E-state index contributed by atoms with van der Waals surface area (Å²) in [5.74, 6) is -1.04. The quantitative estimate of drug-likeness (QED) is 0.754. The average Bonchev–Trinajstić information content (AvgIpc) is 2.69. The summed E-state index contributed by atoms with van der Waals surface area (Å²) in [6.07, 6.45) is 0. The predicted octanol–water partition coefficient (Wildman–Crippen LogP) is 4.60. The zero-order valence-corrected chi connectivity index (χ0v) is 12.4. The number of hydrogen-bond acceptors (Lipinski definition) is 2. The number of benzene rings is 1. The Hall–Kier alpha value is -0.300. The van der Waals surface area contributed by atoms with Gasteiger partial charge < -0.3 is 5.73 Å². The molecule has 2 rings (SSSR count).